The second kappa shape index (κ2) is 3.95. The first kappa shape index (κ1) is 9.37. The average molecular weight is 202 g/mol. The molecule has 1 aromatic rings. The van der Waals surface area contributed by atoms with Crippen LogP contribution in [-0.4, -0.2) is 19.1 Å². The van der Waals surface area contributed by atoms with Crippen molar-refractivity contribution in [2.75, 3.05) is 13.1 Å². The van der Waals surface area contributed by atoms with Crippen LogP contribution in [0.3, 0.4) is 0 Å². The van der Waals surface area contributed by atoms with Gasteiger partial charge in [-0.05, 0) is 24.3 Å². The minimum absolute atomic E-state index is 0.501. The average Bonchev–Trinajstić information content (AvgIpc) is 3.15. The molecule has 1 heterocycles. The normalized spacial score (nSPS) is 31.5. The highest BCUT2D eigenvalue weighted by Crippen LogP contribution is 2.33. The summed E-state index contributed by atoms with van der Waals surface area (Å²) in [6, 6.07) is 11.9. The molecule has 0 bridgehead atoms. The van der Waals surface area contributed by atoms with E-state index in [1.165, 1.54) is 18.4 Å². The summed E-state index contributed by atoms with van der Waals surface area (Å²) in [5.74, 6) is 0.953. The van der Waals surface area contributed by atoms with E-state index in [1.807, 2.05) is 0 Å². The highest BCUT2D eigenvalue weighted by molar-refractivity contribution is 5.20. The lowest BCUT2D eigenvalue weighted by molar-refractivity contribution is 0.327. The maximum atomic E-state index is 3.67. The molecule has 2 N–H and O–H groups in total. The lowest BCUT2D eigenvalue weighted by Crippen LogP contribution is -2.51. The van der Waals surface area contributed by atoms with Crippen LogP contribution in [0, 0.1) is 5.92 Å². The molecule has 1 saturated heterocycles. The van der Waals surface area contributed by atoms with Crippen molar-refractivity contribution in [3.05, 3.63) is 35.9 Å². The fraction of sp³-hybridized carbons (Fsp3) is 0.538. The summed E-state index contributed by atoms with van der Waals surface area (Å²) in [5, 5.41) is 7.31. The summed E-state index contributed by atoms with van der Waals surface area (Å²) < 4.78 is 0. The van der Waals surface area contributed by atoms with E-state index in [0.717, 1.165) is 25.0 Å². The van der Waals surface area contributed by atoms with E-state index >= 15 is 0 Å². The maximum absolute atomic E-state index is 3.67. The Labute approximate surface area is 91.1 Å². The van der Waals surface area contributed by atoms with Crippen molar-refractivity contribution in [2.24, 2.45) is 5.92 Å². The van der Waals surface area contributed by atoms with Crippen molar-refractivity contribution in [2.45, 2.75) is 24.9 Å². The van der Waals surface area contributed by atoms with Crippen LogP contribution in [0.5, 0.6) is 0 Å². The number of hydrogen-bond acceptors (Lipinski definition) is 2. The van der Waals surface area contributed by atoms with Gasteiger partial charge in [-0.25, -0.2) is 0 Å². The zero-order valence-corrected chi connectivity index (χ0v) is 8.95. The molecule has 2 heteroatoms. The smallest absolute Gasteiger partial charge is 0.0447 e. The van der Waals surface area contributed by atoms with Crippen molar-refractivity contribution >= 4 is 0 Å². The molecule has 1 aromatic carbocycles. The Balaban J connectivity index is 1.61. The van der Waals surface area contributed by atoms with Crippen molar-refractivity contribution in [3.8, 4) is 0 Å². The molecule has 3 rings (SSSR count). The van der Waals surface area contributed by atoms with Crippen molar-refractivity contribution in [1.29, 1.82) is 0 Å². The van der Waals surface area contributed by atoms with Crippen molar-refractivity contribution in [1.82, 2.24) is 10.6 Å². The van der Waals surface area contributed by atoms with Gasteiger partial charge in [0.1, 0.15) is 0 Å². The Kier molecular flexibility index (Phi) is 2.47. The molecule has 0 aromatic heterocycles. The molecule has 2 atom stereocenters. The van der Waals surface area contributed by atoms with Gasteiger partial charge in [0, 0.05) is 25.2 Å². The van der Waals surface area contributed by atoms with E-state index in [0.29, 0.717) is 6.04 Å². The summed E-state index contributed by atoms with van der Waals surface area (Å²) in [7, 11) is 0. The largest absolute Gasteiger partial charge is 0.311 e. The third-order valence-electron chi connectivity index (χ3n) is 3.56. The van der Waals surface area contributed by atoms with Crippen LogP contribution < -0.4 is 10.6 Å². The van der Waals surface area contributed by atoms with Gasteiger partial charge in [-0.3, -0.25) is 0 Å². The number of hydrogen-bond donors (Lipinski definition) is 2. The first-order chi connectivity index (χ1) is 7.43. The first-order valence-corrected chi connectivity index (χ1v) is 5.95. The minimum Gasteiger partial charge on any atom is -0.311 e. The highest BCUT2D eigenvalue weighted by Gasteiger charge is 2.33. The fourth-order valence-electron chi connectivity index (χ4n) is 2.44. The van der Waals surface area contributed by atoms with Crippen LogP contribution in [0.4, 0.5) is 0 Å². The summed E-state index contributed by atoms with van der Waals surface area (Å²) in [6.07, 6.45) is 2.85. The van der Waals surface area contributed by atoms with E-state index < -0.39 is 0 Å². The summed E-state index contributed by atoms with van der Waals surface area (Å²) in [4.78, 5) is 0. The molecular weight excluding hydrogens is 184 g/mol. The van der Waals surface area contributed by atoms with Crippen LogP contribution in [0.2, 0.25) is 0 Å². The van der Waals surface area contributed by atoms with Crippen molar-refractivity contribution in [3.63, 3.8) is 0 Å². The van der Waals surface area contributed by atoms with Gasteiger partial charge in [-0.15, -0.1) is 0 Å². The van der Waals surface area contributed by atoms with Gasteiger partial charge in [-0.1, -0.05) is 30.3 Å². The molecule has 2 fully saturated rings. The Bertz CT molecular complexity index is 311. The zero-order valence-electron chi connectivity index (χ0n) is 8.95. The summed E-state index contributed by atoms with van der Waals surface area (Å²) in [5.41, 5.74) is 1.40. The second-order valence-corrected chi connectivity index (χ2v) is 4.72. The van der Waals surface area contributed by atoms with Crippen LogP contribution in [0.1, 0.15) is 24.4 Å². The third-order valence-corrected chi connectivity index (χ3v) is 3.56. The molecule has 2 nitrogen and oxygen atoms in total. The Hall–Kier alpha value is -0.860. The van der Waals surface area contributed by atoms with E-state index in [1.54, 1.807) is 0 Å². The minimum atomic E-state index is 0.501. The van der Waals surface area contributed by atoms with Crippen LogP contribution in [-0.2, 0) is 0 Å². The molecule has 80 valence electrons. The van der Waals surface area contributed by atoms with Crippen LogP contribution >= 0.6 is 0 Å². The molecule has 1 saturated carbocycles. The topological polar surface area (TPSA) is 24.1 Å². The number of nitrogens with one attached hydrogen (secondary N) is 2. The van der Waals surface area contributed by atoms with Crippen LogP contribution in [0.25, 0.3) is 0 Å². The lowest BCUT2D eigenvalue weighted by Gasteiger charge is -2.31. The maximum Gasteiger partial charge on any atom is 0.0447 e. The number of piperazine rings is 1. The van der Waals surface area contributed by atoms with E-state index in [4.69, 9.17) is 0 Å². The third kappa shape index (κ3) is 2.06. The van der Waals surface area contributed by atoms with E-state index in [-0.39, 0.29) is 0 Å². The SMILES string of the molecule is c1ccc(C2CNC(C3CC3)CN2)cc1. The molecule has 2 aliphatic rings. The Morgan fingerprint density at radius 1 is 0.933 bits per heavy atom. The molecule has 15 heavy (non-hydrogen) atoms. The molecule has 0 spiro atoms. The van der Waals surface area contributed by atoms with E-state index in [9.17, 15) is 0 Å². The van der Waals surface area contributed by atoms with Gasteiger partial charge in [0.05, 0.1) is 0 Å². The quantitative estimate of drug-likeness (QED) is 0.762. The number of rotatable bonds is 2. The van der Waals surface area contributed by atoms with E-state index in [2.05, 4.69) is 41.0 Å². The lowest BCUT2D eigenvalue weighted by atomic mass is 10.0. The highest BCUT2D eigenvalue weighted by atomic mass is 15.1. The summed E-state index contributed by atoms with van der Waals surface area (Å²) >= 11 is 0. The first-order valence-electron chi connectivity index (χ1n) is 5.95. The second-order valence-electron chi connectivity index (χ2n) is 4.72. The Morgan fingerprint density at radius 2 is 1.73 bits per heavy atom. The molecule has 0 amide bonds. The van der Waals surface area contributed by atoms with Gasteiger partial charge in [0.2, 0.25) is 0 Å². The predicted octanol–water partition coefficient (Wildman–Crippen LogP) is 1.70. The van der Waals surface area contributed by atoms with Gasteiger partial charge in [-0.2, -0.15) is 0 Å². The predicted molar refractivity (Wildman–Crippen MR) is 61.7 cm³/mol. The Morgan fingerprint density at radius 3 is 2.33 bits per heavy atom. The van der Waals surface area contributed by atoms with Gasteiger partial charge in [0.25, 0.3) is 0 Å². The molecular formula is C13H18N2. The molecule has 1 aliphatic heterocycles. The van der Waals surface area contributed by atoms with Crippen LogP contribution in [0.15, 0.2) is 30.3 Å². The molecule has 1 aliphatic carbocycles. The van der Waals surface area contributed by atoms with Crippen molar-refractivity contribution < 1.29 is 0 Å². The van der Waals surface area contributed by atoms with Gasteiger partial charge >= 0.3 is 0 Å². The van der Waals surface area contributed by atoms with Gasteiger partial charge < -0.3 is 10.6 Å². The number of benzene rings is 1. The van der Waals surface area contributed by atoms with Gasteiger partial charge in [0.15, 0.2) is 0 Å². The fourth-order valence-corrected chi connectivity index (χ4v) is 2.44. The zero-order chi connectivity index (χ0) is 10.1. The summed E-state index contributed by atoms with van der Waals surface area (Å²) in [6.45, 7) is 2.20. The monoisotopic (exact) mass is 202 g/mol. The molecule has 0 radical (unpaired) electrons. The standard InChI is InChI=1S/C13H18N2/c1-2-4-10(5-3-1)12-8-15-13(9-14-12)11-6-7-11/h1-5,11-15H,6-9H2. The molecule has 2 unspecified atom stereocenters.